The number of methoxy groups -OCH3 is 1. The summed E-state index contributed by atoms with van der Waals surface area (Å²) in [5.41, 5.74) is 1.26. The van der Waals surface area contributed by atoms with Gasteiger partial charge in [-0.15, -0.1) is 0 Å². The minimum Gasteiger partial charge on any atom is -0.469 e. The van der Waals surface area contributed by atoms with Crippen LogP contribution < -0.4 is 0 Å². The van der Waals surface area contributed by atoms with Crippen LogP contribution in [0.15, 0.2) is 35.3 Å². The fourth-order valence-electron chi connectivity index (χ4n) is 1.88. The molecule has 0 aliphatic carbocycles. The van der Waals surface area contributed by atoms with Crippen LogP contribution in [0.25, 0.3) is 0 Å². The van der Waals surface area contributed by atoms with Crippen LogP contribution in [0.4, 0.5) is 0 Å². The van der Waals surface area contributed by atoms with Gasteiger partial charge in [0.1, 0.15) is 12.3 Å². The standard InChI is InChI=1S/C14H15NO4/c1-18-13(16)8-12-14(17)19-9-11(15-12)7-10-5-3-2-4-6-10/h2-6,11H,7-9H2,1H3/t11-/m0/s1. The fourth-order valence-corrected chi connectivity index (χ4v) is 1.88. The monoisotopic (exact) mass is 261 g/mol. The maximum atomic E-state index is 11.5. The van der Waals surface area contributed by atoms with Crippen molar-refractivity contribution in [2.75, 3.05) is 13.7 Å². The summed E-state index contributed by atoms with van der Waals surface area (Å²) in [5, 5.41) is 0. The lowest BCUT2D eigenvalue weighted by Gasteiger charge is -2.20. The average molecular weight is 261 g/mol. The lowest BCUT2D eigenvalue weighted by molar-refractivity contribution is -0.142. The molecule has 19 heavy (non-hydrogen) atoms. The molecule has 2 rings (SSSR count). The van der Waals surface area contributed by atoms with Gasteiger partial charge < -0.3 is 9.47 Å². The van der Waals surface area contributed by atoms with E-state index in [0.717, 1.165) is 5.56 Å². The number of benzene rings is 1. The van der Waals surface area contributed by atoms with Crippen LogP contribution in [0.3, 0.4) is 0 Å². The van der Waals surface area contributed by atoms with E-state index in [0.29, 0.717) is 6.42 Å². The summed E-state index contributed by atoms with van der Waals surface area (Å²) in [4.78, 5) is 26.9. The zero-order valence-electron chi connectivity index (χ0n) is 10.7. The Bertz CT molecular complexity index is 495. The number of cyclic esters (lactones) is 1. The van der Waals surface area contributed by atoms with Crippen molar-refractivity contribution in [2.24, 2.45) is 4.99 Å². The smallest absolute Gasteiger partial charge is 0.352 e. The van der Waals surface area contributed by atoms with E-state index in [-0.39, 0.29) is 24.8 Å². The molecule has 0 radical (unpaired) electrons. The predicted octanol–water partition coefficient (Wildman–Crippen LogP) is 1.16. The Balaban J connectivity index is 2.06. The van der Waals surface area contributed by atoms with Crippen molar-refractivity contribution < 1.29 is 19.1 Å². The summed E-state index contributed by atoms with van der Waals surface area (Å²) >= 11 is 0. The molecule has 0 bridgehead atoms. The number of aliphatic imine (C=N–C) groups is 1. The first-order valence-corrected chi connectivity index (χ1v) is 6.03. The average Bonchev–Trinajstić information content (AvgIpc) is 2.43. The molecule has 0 N–H and O–H groups in total. The van der Waals surface area contributed by atoms with Gasteiger partial charge >= 0.3 is 11.9 Å². The number of carbonyl (C=O) groups is 2. The highest BCUT2D eigenvalue weighted by atomic mass is 16.5. The predicted molar refractivity (Wildman–Crippen MR) is 69.0 cm³/mol. The van der Waals surface area contributed by atoms with E-state index >= 15 is 0 Å². The van der Waals surface area contributed by atoms with Crippen LogP contribution in [-0.2, 0) is 25.5 Å². The zero-order valence-corrected chi connectivity index (χ0v) is 10.7. The van der Waals surface area contributed by atoms with Gasteiger partial charge in [-0.3, -0.25) is 9.79 Å². The summed E-state index contributed by atoms with van der Waals surface area (Å²) < 4.78 is 9.57. The molecule has 1 aromatic rings. The van der Waals surface area contributed by atoms with Crippen molar-refractivity contribution in [3.63, 3.8) is 0 Å². The maximum absolute atomic E-state index is 11.5. The van der Waals surface area contributed by atoms with Gasteiger partial charge in [0.2, 0.25) is 0 Å². The summed E-state index contributed by atoms with van der Waals surface area (Å²) in [6, 6.07) is 9.68. The van der Waals surface area contributed by atoms with Crippen LogP contribution >= 0.6 is 0 Å². The molecule has 0 saturated heterocycles. The van der Waals surface area contributed by atoms with E-state index in [4.69, 9.17) is 4.74 Å². The summed E-state index contributed by atoms with van der Waals surface area (Å²) in [6.45, 7) is 0.248. The summed E-state index contributed by atoms with van der Waals surface area (Å²) in [5.74, 6) is -1.02. The van der Waals surface area contributed by atoms with E-state index in [1.165, 1.54) is 7.11 Å². The van der Waals surface area contributed by atoms with Crippen molar-refractivity contribution in [2.45, 2.75) is 18.9 Å². The summed E-state index contributed by atoms with van der Waals surface area (Å²) in [6.07, 6.45) is 0.541. The van der Waals surface area contributed by atoms with Crippen molar-refractivity contribution >= 4 is 17.7 Å². The van der Waals surface area contributed by atoms with Gasteiger partial charge in [0.05, 0.1) is 19.6 Å². The molecule has 100 valence electrons. The molecule has 1 aliphatic heterocycles. The van der Waals surface area contributed by atoms with E-state index in [1.54, 1.807) is 0 Å². The van der Waals surface area contributed by atoms with Crippen molar-refractivity contribution in [3.05, 3.63) is 35.9 Å². The molecule has 5 nitrogen and oxygen atoms in total. The van der Waals surface area contributed by atoms with Crippen LogP contribution in [0, 0.1) is 0 Å². The number of nitrogens with zero attached hydrogens (tertiary/aromatic N) is 1. The molecule has 1 atom stereocenters. The normalized spacial score (nSPS) is 18.5. The molecule has 5 heteroatoms. The van der Waals surface area contributed by atoms with Gasteiger partial charge in [-0.25, -0.2) is 4.79 Å². The molecule has 1 aromatic carbocycles. The van der Waals surface area contributed by atoms with Crippen molar-refractivity contribution in [1.29, 1.82) is 0 Å². The van der Waals surface area contributed by atoms with E-state index in [9.17, 15) is 9.59 Å². The first-order chi connectivity index (χ1) is 9.19. The maximum Gasteiger partial charge on any atom is 0.352 e. The molecule has 0 saturated carbocycles. The molecule has 0 aromatic heterocycles. The lowest BCUT2D eigenvalue weighted by atomic mass is 10.1. The number of ether oxygens (including phenoxy) is 2. The van der Waals surface area contributed by atoms with Gasteiger partial charge in [-0.05, 0) is 12.0 Å². The van der Waals surface area contributed by atoms with Gasteiger partial charge in [-0.2, -0.15) is 0 Å². The van der Waals surface area contributed by atoms with E-state index in [2.05, 4.69) is 9.73 Å². The Hall–Kier alpha value is -2.17. The first-order valence-electron chi connectivity index (χ1n) is 6.03. The molecule has 0 fully saturated rings. The topological polar surface area (TPSA) is 65.0 Å². The molecular weight excluding hydrogens is 246 g/mol. The minimum atomic E-state index is -0.533. The van der Waals surface area contributed by atoms with Crippen molar-refractivity contribution in [1.82, 2.24) is 0 Å². The second kappa shape index (κ2) is 6.13. The second-order valence-electron chi connectivity index (χ2n) is 4.27. The Labute approximate surface area is 111 Å². The third kappa shape index (κ3) is 3.64. The summed E-state index contributed by atoms with van der Waals surface area (Å²) in [7, 11) is 1.28. The minimum absolute atomic E-state index is 0.138. The Morgan fingerprint density at radius 1 is 1.42 bits per heavy atom. The van der Waals surface area contributed by atoms with Crippen molar-refractivity contribution in [3.8, 4) is 0 Å². The lowest BCUT2D eigenvalue weighted by Crippen LogP contribution is -2.33. The van der Waals surface area contributed by atoms with E-state index < -0.39 is 11.9 Å². The van der Waals surface area contributed by atoms with Gasteiger partial charge in [-0.1, -0.05) is 30.3 Å². The first kappa shape index (κ1) is 13.3. The van der Waals surface area contributed by atoms with Crippen LogP contribution in [0.2, 0.25) is 0 Å². The molecule has 0 unspecified atom stereocenters. The third-order valence-corrected chi connectivity index (χ3v) is 2.83. The molecular formula is C14H15NO4. The van der Waals surface area contributed by atoms with Crippen LogP contribution in [0.5, 0.6) is 0 Å². The highest BCUT2D eigenvalue weighted by molar-refractivity contribution is 6.39. The molecule has 0 amide bonds. The van der Waals surface area contributed by atoms with Gasteiger partial charge in [0.25, 0.3) is 0 Å². The number of hydrogen-bond acceptors (Lipinski definition) is 5. The Kier molecular flexibility index (Phi) is 4.28. The van der Waals surface area contributed by atoms with Crippen LogP contribution in [-0.4, -0.2) is 37.4 Å². The quantitative estimate of drug-likeness (QED) is 0.763. The third-order valence-electron chi connectivity index (χ3n) is 2.83. The molecule has 0 spiro atoms. The SMILES string of the molecule is COC(=O)CC1=N[C@@H](Cc2ccccc2)COC1=O. The Morgan fingerprint density at radius 3 is 2.84 bits per heavy atom. The van der Waals surface area contributed by atoms with Gasteiger partial charge in [0, 0.05) is 0 Å². The number of rotatable bonds is 4. The molecule has 1 heterocycles. The number of carbonyl (C=O) groups excluding carboxylic acids is 2. The Morgan fingerprint density at radius 2 is 2.16 bits per heavy atom. The van der Waals surface area contributed by atoms with E-state index in [1.807, 2.05) is 30.3 Å². The largest absolute Gasteiger partial charge is 0.469 e. The molecule has 1 aliphatic rings. The zero-order chi connectivity index (χ0) is 13.7. The number of hydrogen-bond donors (Lipinski definition) is 0. The fraction of sp³-hybridized carbons (Fsp3) is 0.357. The highest BCUT2D eigenvalue weighted by Gasteiger charge is 2.25. The second-order valence-corrected chi connectivity index (χ2v) is 4.27. The highest BCUT2D eigenvalue weighted by Crippen LogP contribution is 2.12. The number of esters is 2. The van der Waals surface area contributed by atoms with Gasteiger partial charge in [0.15, 0.2) is 0 Å². The van der Waals surface area contributed by atoms with Crippen LogP contribution in [0.1, 0.15) is 12.0 Å².